The monoisotopic (exact) mass is 440 g/mol. The van der Waals surface area contributed by atoms with Crippen LogP contribution in [0.25, 0.3) is 0 Å². The van der Waals surface area contributed by atoms with Gasteiger partial charge in [0.2, 0.25) is 0 Å². The van der Waals surface area contributed by atoms with Crippen LogP contribution in [0.4, 0.5) is 0 Å². The fourth-order valence-corrected chi connectivity index (χ4v) is 7.96. The van der Waals surface area contributed by atoms with Crippen LogP contribution in [0.2, 0.25) is 4.22 Å². The van der Waals surface area contributed by atoms with E-state index in [4.69, 9.17) is 6.64 Å². The molecule has 0 aliphatic heterocycles. The molecule has 0 saturated carbocycles. The van der Waals surface area contributed by atoms with E-state index in [0.717, 1.165) is 25.7 Å². The van der Waals surface area contributed by atoms with Crippen LogP contribution in [0.5, 0.6) is 0 Å². The fourth-order valence-electron chi connectivity index (χ4n) is 4.59. The van der Waals surface area contributed by atoms with Gasteiger partial charge >= 0.3 is 169 Å². The molecule has 6 heteroatoms. The average Bonchev–Trinajstić information content (AvgIpc) is 2.94. The first-order valence-electron chi connectivity index (χ1n) is 9.88. The summed E-state index contributed by atoms with van der Waals surface area (Å²) in [5.74, 6) is -0.513. The Kier molecular flexibility index (Phi) is 7.95. The number of carbonyl (C=O) groups excluding carboxylic acids is 2. The maximum Gasteiger partial charge on any atom is -1.00 e. The summed E-state index contributed by atoms with van der Waals surface area (Å²) in [5.41, 5.74) is 6.70. The predicted octanol–water partition coefficient (Wildman–Crippen LogP) is 2.47. The standard InChI is InChI=1S/C14H19.2C4H6O2.ClH.Ti/c1-10-11-6-2-4-8-13(11)14-9-5-3-7-12(10)14;2*1-3(2)4(5)6;;/h6,10H,2-5,7-9H2,1H3;2*1H2,2H3,(H,5,6);1H;/q;;;;+3/p-3. The number of fused-ring (bicyclic) bond motifs is 1. The van der Waals surface area contributed by atoms with Gasteiger partial charge < -0.3 is 12.4 Å². The quantitative estimate of drug-likeness (QED) is 0.487. The van der Waals surface area contributed by atoms with E-state index in [0.29, 0.717) is 17.1 Å². The van der Waals surface area contributed by atoms with Crippen LogP contribution in [-0.2, 0) is 34.9 Å². The molecule has 0 radical (unpaired) electrons. The van der Waals surface area contributed by atoms with Gasteiger partial charge in [0.15, 0.2) is 0 Å². The minimum atomic E-state index is -2.96. The van der Waals surface area contributed by atoms with Crippen molar-refractivity contribution < 1.29 is 47.3 Å². The zero-order valence-corrected chi connectivity index (χ0v) is 19.3. The molecular weight excluding hydrogens is 412 g/mol. The minimum absolute atomic E-state index is 0. The number of carbonyl (C=O) groups is 2. The van der Waals surface area contributed by atoms with Gasteiger partial charge in [-0.05, 0) is 0 Å². The van der Waals surface area contributed by atoms with E-state index in [-0.39, 0.29) is 16.6 Å². The van der Waals surface area contributed by atoms with Gasteiger partial charge in [-0.15, -0.1) is 0 Å². The maximum atomic E-state index is 12.3. The van der Waals surface area contributed by atoms with Crippen molar-refractivity contribution in [3.05, 3.63) is 46.6 Å². The smallest absolute Gasteiger partial charge is 1.00 e. The van der Waals surface area contributed by atoms with Crippen molar-refractivity contribution in [3.8, 4) is 0 Å². The summed E-state index contributed by atoms with van der Waals surface area (Å²) < 4.78 is 11.6. The van der Waals surface area contributed by atoms with Gasteiger partial charge in [0.1, 0.15) is 0 Å². The normalized spacial score (nSPS) is 23.2. The molecule has 3 rings (SSSR count). The molecule has 2 atom stereocenters. The van der Waals surface area contributed by atoms with Crippen LogP contribution in [0.3, 0.4) is 0 Å². The van der Waals surface area contributed by atoms with E-state index >= 15 is 0 Å². The van der Waals surface area contributed by atoms with Crippen molar-refractivity contribution >= 4 is 11.9 Å². The molecule has 0 amide bonds. The minimum Gasteiger partial charge on any atom is -1.00 e. The Bertz CT molecular complexity index is 736. The van der Waals surface area contributed by atoms with Crippen LogP contribution >= 0.6 is 0 Å². The average molecular weight is 441 g/mol. The number of hydrogen-bond donors (Lipinski definition) is 0. The molecule has 0 fully saturated rings. The van der Waals surface area contributed by atoms with Crippen molar-refractivity contribution in [2.24, 2.45) is 5.92 Å². The van der Waals surface area contributed by atoms with E-state index in [2.05, 4.69) is 20.1 Å². The molecule has 0 saturated heterocycles. The molecule has 0 aromatic rings. The Hall–Kier alpha value is -1.10. The second kappa shape index (κ2) is 9.60. The summed E-state index contributed by atoms with van der Waals surface area (Å²) in [6, 6.07) is 0. The Morgan fingerprint density at radius 2 is 1.46 bits per heavy atom. The third-order valence-corrected chi connectivity index (χ3v) is 8.91. The number of rotatable bonds is 5. The molecule has 0 spiro atoms. The van der Waals surface area contributed by atoms with Crippen molar-refractivity contribution in [2.75, 3.05) is 0 Å². The molecule has 0 aromatic heterocycles. The Labute approximate surface area is 181 Å². The van der Waals surface area contributed by atoms with Crippen LogP contribution in [0.15, 0.2) is 46.6 Å². The molecule has 152 valence electrons. The molecule has 0 N–H and O–H groups in total. The Morgan fingerprint density at radius 1 is 0.929 bits per heavy atom. The SMILES string of the molecule is C=C(C)C(=O)[O][Ti+]([O]C(=O)C(=C)C)[CH]1CCCC2=C1C(C)C1=C2CCCC1.[Cl-]. The van der Waals surface area contributed by atoms with E-state index in [9.17, 15) is 9.59 Å². The van der Waals surface area contributed by atoms with Gasteiger partial charge in [-0.2, -0.15) is 0 Å². The predicted molar refractivity (Wildman–Crippen MR) is 101 cm³/mol. The molecule has 0 heterocycles. The molecule has 0 bridgehead atoms. The second-order valence-corrected chi connectivity index (χ2v) is 10.7. The van der Waals surface area contributed by atoms with E-state index in [1.54, 1.807) is 25.0 Å². The first-order chi connectivity index (χ1) is 12.8. The van der Waals surface area contributed by atoms with Gasteiger partial charge in [-0.3, -0.25) is 0 Å². The van der Waals surface area contributed by atoms with E-state index in [1.807, 2.05) is 0 Å². The van der Waals surface area contributed by atoms with Gasteiger partial charge in [-0.1, -0.05) is 0 Å². The van der Waals surface area contributed by atoms with Gasteiger partial charge in [-0.25, -0.2) is 0 Å². The van der Waals surface area contributed by atoms with Gasteiger partial charge in [0, 0.05) is 0 Å². The second-order valence-electron chi connectivity index (χ2n) is 7.97. The van der Waals surface area contributed by atoms with Crippen molar-refractivity contribution in [1.82, 2.24) is 0 Å². The Morgan fingerprint density at radius 3 is 2.04 bits per heavy atom. The van der Waals surface area contributed by atoms with Crippen molar-refractivity contribution in [2.45, 2.75) is 69.9 Å². The largest absolute Gasteiger partial charge is 1.00 e. The maximum absolute atomic E-state index is 12.3. The summed E-state index contributed by atoms with van der Waals surface area (Å²) in [5, 5.41) is 0. The summed E-state index contributed by atoms with van der Waals surface area (Å²) in [6.07, 6.45) is 7.92. The summed E-state index contributed by atoms with van der Waals surface area (Å²) in [4.78, 5) is 24.5. The third kappa shape index (κ3) is 4.55. The summed E-state index contributed by atoms with van der Waals surface area (Å²) in [6.45, 7) is 12.9. The zero-order valence-electron chi connectivity index (χ0n) is 17.0. The van der Waals surface area contributed by atoms with Crippen LogP contribution in [0.1, 0.15) is 65.7 Å². The number of hydrogen-bond acceptors (Lipinski definition) is 4. The van der Waals surface area contributed by atoms with Crippen LogP contribution in [0, 0.1) is 5.92 Å². The van der Waals surface area contributed by atoms with Crippen molar-refractivity contribution in [1.29, 1.82) is 0 Å². The van der Waals surface area contributed by atoms with Crippen molar-refractivity contribution in [3.63, 3.8) is 0 Å². The topological polar surface area (TPSA) is 52.6 Å². The number of halogens is 1. The molecular formula is C22H29ClO4Ti. The zero-order chi connectivity index (χ0) is 19.7. The molecule has 28 heavy (non-hydrogen) atoms. The molecule has 4 nitrogen and oxygen atoms in total. The molecule has 2 unspecified atom stereocenters. The molecule has 0 aromatic carbocycles. The summed E-state index contributed by atoms with van der Waals surface area (Å²) >= 11 is -2.96. The van der Waals surface area contributed by atoms with Gasteiger partial charge in [0.05, 0.1) is 0 Å². The molecule has 3 aliphatic carbocycles. The first kappa shape index (κ1) is 23.2. The Balaban J connectivity index is 0.00000280. The number of allylic oxidation sites excluding steroid dienone is 4. The fraction of sp³-hybridized carbons (Fsp3) is 0.545. The van der Waals surface area contributed by atoms with Gasteiger partial charge in [0.25, 0.3) is 0 Å². The van der Waals surface area contributed by atoms with Crippen LogP contribution in [-0.4, -0.2) is 11.9 Å². The first-order valence-corrected chi connectivity index (χ1v) is 12.1. The third-order valence-electron chi connectivity index (χ3n) is 5.88. The van der Waals surface area contributed by atoms with E-state index in [1.165, 1.54) is 30.4 Å². The van der Waals surface area contributed by atoms with E-state index < -0.39 is 30.6 Å². The van der Waals surface area contributed by atoms with Crippen LogP contribution < -0.4 is 12.4 Å². The summed E-state index contributed by atoms with van der Waals surface area (Å²) in [7, 11) is 0. The molecule has 3 aliphatic rings.